The van der Waals surface area contributed by atoms with E-state index in [0.29, 0.717) is 17.4 Å². The van der Waals surface area contributed by atoms with Crippen LogP contribution in [0.1, 0.15) is 20.8 Å². The Balaban J connectivity index is 2.08. The molecule has 0 saturated carbocycles. The van der Waals surface area contributed by atoms with Gasteiger partial charge in [-0.25, -0.2) is 4.98 Å². The molecule has 1 aliphatic heterocycles. The molecule has 1 aromatic heterocycles. The smallest absolute Gasteiger partial charge is 0.224 e. The molecule has 0 atom stereocenters. The lowest BCUT2D eigenvalue weighted by atomic mass is 10.0. The van der Waals surface area contributed by atoms with Crippen molar-refractivity contribution in [2.75, 3.05) is 17.2 Å². The Labute approximate surface area is 127 Å². The van der Waals surface area contributed by atoms with Gasteiger partial charge in [0.2, 0.25) is 5.91 Å². The Kier molecular flexibility index (Phi) is 3.13. The van der Waals surface area contributed by atoms with Crippen molar-refractivity contribution in [2.24, 2.45) is 0 Å². The van der Waals surface area contributed by atoms with Crippen molar-refractivity contribution in [3.05, 3.63) is 23.6 Å². The van der Waals surface area contributed by atoms with Gasteiger partial charge in [0.1, 0.15) is 11.4 Å². The predicted molar refractivity (Wildman–Crippen MR) is 84.7 cm³/mol. The zero-order chi connectivity index (χ0) is 15.2. The molecule has 0 unspecified atom stereocenters. The summed E-state index contributed by atoms with van der Waals surface area (Å²) in [6.07, 6.45) is 0. The molecule has 1 aliphatic rings. The molecule has 0 fully saturated rings. The summed E-state index contributed by atoms with van der Waals surface area (Å²) in [5.74, 6) is 0.718. The third kappa shape index (κ3) is 2.58. The normalized spacial score (nSPS) is 16.2. The fraction of sp³-hybridized carbons (Fsp3) is 0.333. The molecule has 110 valence electrons. The van der Waals surface area contributed by atoms with Crippen LogP contribution >= 0.6 is 11.3 Å². The van der Waals surface area contributed by atoms with E-state index in [-0.39, 0.29) is 5.91 Å². The minimum atomic E-state index is -0.398. The number of nitrogen functional groups attached to an aromatic ring is 1. The van der Waals surface area contributed by atoms with E-state index in [1.165, 1.54) is 11.3 Å². The van der Waals surface area contributed by atoms with Crippen molar-refractivity contribution in [1.29, 1.82) is 0 Å². The number of rotatable bonds is 1. The third-order valence-electron chi connectivity index (χ3n) is 3.37. The minimum Gasteiger partial charge on any atom is -0.484 e. The van der Waals surface area contributed by atoms with E-state index in [4.69, 9.17) is 10.5 Å². The number of anilines is 2. The van der Waals surface area contributed by atoms with Gasteiger partial charge in [0, 0.05) is 17.9 Å². The second-order valence-corrected chi connectivity index (χ2v) is 6.61. The summed E-state index contributed by atoms with van der Waals surface area (Å²) >= 11 is 1.40. The molecule has 1 aromatic carbocycles. The van der Waals surface area contributed by atoms with Crippen molar-refractivity contribution < 1.29 is 9.53 Å². The van der Waals surface area contributed by atoms with Crippen LogP contribution in [0.4, 0.5) is 10.8 Å². The van der Waals surface area contributed by atoms with Crippen LogP contribution in [0.15, 0.2) is 23.6 Å². The van der Waals surface area contributed by atoms with Gasteiger partial charge in [-0.1, -0.05) is 0 Å². The second-order valence-electron chi connectivity index (χ2n) is 5.72. The first-order valence-corrected chi connectivity index (χ1v) is 7.56. The molecule has 1 amide bonds. The monoisotopic (exact) mass is 303 g/mol. The predicted octanol–water partition coefficient (Wildman–Crippen LogP) is 2.92. The van der Waals surface area contributed by atoms with Crippen LogP contribution in [-0.4, -0.2) is 23.0 Å². The molecular weight excluding hydrogens is 286 g/mol. The highest BCUT2D eigenvalue weighted by Gasteiger charge is 2.33. The molecule has 6 heteroatoms. The Morgan fingerprint density at radius 3 is 2.86 bits per heavy atom. The summed E-state index contributed by atoms with van der Waals surface area (Å²) in [5, 5.41) is 2.44. The van der Waals surface area contributed by atoms with Gasteiger partial charge in [0.05, 0.1) is 17.9 Å². The van der Waals surface area contributed by atoms with Gasteiger partial charge in [0.15, 0.2) is 5.13 Å². The lowest BCUT2D eigenvalue weighted by Crippen LogP contribution is -2.48. The topological polar surface area (TPSA) is 68.5 Å². The molecule has 2 N–H and O–H groups in total. The molecule has 2 aromatic rings. The van der Waals surface area contributed by atoms with Crippen LogP contribution in [0.25, 0.3) is 11.3 Å². The zero-order valence-electron chi connectivity index (χ0n) is 12.2. The standard InChI is InChI=1S/C15H17N3O2S/c1-9(19)18-8-15(2,3)20-13-5-4-10(6-12(13)18)11-7-21-14(16)17-11/h4-7H,8H2,1-3H3,(H2,16,17). The summed E-state index contributed by atoms with van der Waals surface area (Å²) in [4.78, 5) is 18.0. The van der Waals surface area contributed by atoms with E-state index >= 15 is 0 Å². The van der Waals surface area contributed by atoms with Gasteiger partial charge < -0.3 is 15.4 Å². The number of amides is 1. The van der Waals surface area contributed by atoms with E-state index in [1.807, 2.05) is 37.4 Å². The number of nitrogens with two attached hydrogens (primary N) is 1. The minimum absolute atomic E-state index is 0.00238. The molecule has 0 spiro atoms. The highest BCUT2D eigenvalue weighted by molar-refractivity contribution is 7.13. The van der Waals surface area contributed by atoms with Crippen molar-refractivity contribution in [2.45, 2.75) is 26.4 Å². The molecule has 0 saturated heterocycles. The maximum atomic E-state index is 11.9. The van der Waals surface area contributed by atoms with Crippen LogP contribution < -0.4 is 15.4 Å². The zero-order valence-corrected chi connectivity index (χ0v) is 13.0. The Hall–Kier alpha value is -2.08. The number of ether oxygens (including phenoxy) is 1. The summed E-state index contributed by atoms with van der Waals surface area (Å²) in [6.45, 7) is 6.04. The summed E-state index contributed by atoms with van der Waals surface area (Å²) in [6, 6.07) is 5.75. The van der Waals surface area contributed by atoms with Crippen molar-refractivity contribution in [1.82, 2.24) is 4.98 Å². The molecule has 21 heavy (non-hydrogen) atoms. The Morgan fingerprint density at radius 2 is 2.24 bits per heavy atom. The van der Waals surface area contributed by atoms with Gasteiger partial charge in [-0.3, -0.25) is 4.79 Å². The Bertz CT molecular complexity index is 709. The second kappa shape index (κ2) is 4.73. The lowest BCUT2D eigenvalue weighted by molar-refractivity contribution is -0.117. The summed E-state index contributed by atoms with van der Waals surface area (Å²) < 4.78 is 5.96. The number of nitrogens with zero attached hydrogens (tertiary/aromatic N) is 2. The van der Waals surface area contributed by atoms with Crippen LogP contribution in [0.2, 0.25) is 0 Å². The van der Waals surface area contributed by atoms with Gasteiger partial charge in [-0.15, -0.1) is 11.3 Å². The van der Waals surface area contributed by atoms with Gasteiger partial charge in [0.25, 0.3) is 0 Å². The van der Waals surface area contributed by atoms with Crippen LogP contribution in [0.3, 0.4) is 0 Å². The molecule has 5 nitrogen and oxygen atoms in total. The first-order valence-electron chi connectivity index (χ1n) is 6.68. The first kappa shape index (κ1) is 13.9. The van der Waals surface area contributed by atoms with Gasteiger partial charge in [-0.05, 0) is 32.0 Å². The highest BCUT2D eigenvalue weighted by Crippen LogP contribution is 2.39. The van der Waals surface area contributed by atoms with E-state index < -0.39 is 5.60 Å². The van der Waals surface area contributed by atoms with Crippen molar-refractivity contribution >= 4 is 28.1 Å². The lowest BCUT2D eigenvalue weighted by Gasteiger charge is -2.39. The van der Waals surface area contributed by atoms with Crippen molar-refractivity contribution in [3.63, 3.8) is 0 Å². The number of thiazole rings is 1. The molecule has 0 aliphatic carbocycles. The largest absolute Gasteiger partial charge is 0.484 e. The number of hydrogen-bond donors (Lipinski definition) is 1. The van der Waals surface area contributed by atoms with Crippen molar-refractivity contribution in [3.8, 4) is 17.0 Å². The van der Waals surface area contributed by atoms with E-state index in [0.717, 1.165) is 16.9 Å². The quantitative estimate of drug-likeness (QED) is 0.879. The molecule has 2 heterocycles. The number of aromatic nitrogens is 1. The molecule has 3 rings (SSSR count). The number of fused-ring (bicyclic) bond motifs is 1. The third-order valence-corrected chi connectivity index (χ3v) is 4.05. The summed E-state index contributed by atoms with van der Waals surface area (Å²) in [7, 11) is 0. The highest BCUT2D eigenvalue weighted by atomic mass is 32.1. The molecular formula is C15H17N3O2S. The number of carbonyl (C=O) groups is 1. The average molecular weight is 303 g/mol. The number of carbonyl (C=O) groups excluding carboxylic acids is 1. The maximum absolute atomic E-state index is 11.9. The SMILES string of the molecule is CC(=O)N1CC(C)(C)Oc2ccc(-c3csc(N)n3)cc21. The van der Waals surface area contributed by atoms with Gasteiger partial charge >= 0.3 is 0 Å². The van der Waals surface area contributed by atoms with E-state index in [1.54, 1.807) is 11.8 Å². The fourth-order valence-corrected chi connectivity index (χ4v) is 3.04. The maximum Gasteiger partial charge on any atom is 0.224 e. The van der Waals surface area contributed by atoms with E-state index in [9.17, 15) is 4.79 Å². The average Bonchev–Trinajstić information content (AvgIpc) is 2.83. The first-order chi connectivity index (χ1) is 9.85. The Morgan fingerprint density at radius 1 is 1.48 bits per heavy atom. The molecule has 0 radical (unpaired) electrons. The van der Waals surface area contributed by atoms with Crippen LogP contribution in [-0.2, 0) is 4.79 Å². The van der Waals surface area contributed by atoms with Gasteiger partial charge in [-0.2, -0.15) is 0 Å². The summed E-state index contributed by atoms with van der Waals surface area (Å²) in [5.41, 5.74) is 7.81. The fourth-order valence-electron chi connectivity index (χ4n) is 2.47. The van der Waals surface area contributed by atoms with Crippen LogP contribution in [0.5, 0.6) is 5.75 Å². The number of hydrogen-bond acceptors (Lipinski definition) is 5. The molecule has 0 bridgehead atoms. The van der Waals surface area contributed by atoms with E-state index in [2.05, 4.69) is 4.98 Å². The number of benzene rings is 1. The van der Waals surface area contributed by atoms with Crippen LogP contribution in [0, 0.1) is 0 Å².